The number of ether oxygens (including phenoxy) is 1. The Kier molecular flexibility index (Phi) is 139. The number of thioether (sulfide) groups is 3. The van der Waals surface area contributed by atoms with Crippen molar-refractivity contribution < 1.29 is 9.84 Å². The molecule has 0 saturated carbocycles. The molecule has 0 aliphatic heterocycles. The van der Waals surface area contributed by atoms with Gasteiger partial charge in [0.1, 0.15) is 5.44 Å². The fraction of sp³-hybridized carbons (Fsp3) is 1.00. The largest absolute Gasteiger partial charge is 0.368 e. The van der Waals surface area contributed by atoms with Gasteiger partial charge in [-0.15, -0.1) is 11.8 Å². The molecule has 0 heterocycles. The molecule has 2 atom stereocenters. The molecule has 1 N–H and O–H groups in total. The van der Waals surface area contributed by atoms with E-state index >= 15 is 0 Å². The molecule has 0 amide bonds. The van der Waals surface area contributed by atoms with Crippen LogP contribution in [0.5, 0.6) is 0 Å². The molecule has 0 aromatic heterocycles. The van der Waals surface area contributed by atoms with Gasteiger partial charge in [-0.1, -0.05) is 66.8 Å². The van der Waals surface area contributed by atoms with Crippen molar-refractivity contribution in [2.45, 2.75) is 91.4 Å². The first-order chi connectivity index (χ1) is 6.74. The molecular weight excluding hydrogens is 344 g/mol. The lowest BCUT2D eigenvalue weighted by Crippen LogP contribution is -2.20. The summed E-state index contributed by atoms with van der Waals surface area (Å²) >= 11 is 5.21. The van der Waals surface area contributed by atoms with Crippen LogP contribution in [0.25, 0.3) is 0 Å². The Hall–Kier alpha value is 0.970. The second-order valence-electron chi connectivity index (χ2n) is 2.82. The summed E-state index contributed by atoms with van der Waals surface area (Å²) in [7, 11) is 0. The predicted octanol–water partition coefficient (Wildman–Crippen LogP) is 8.24. The standard InChI is InChI=1S/C9H20O2S3.9CH4/c1-12-6-4-8(10)11-9(14-3)5-7-13-2;;;;;;;;;/h8-10H,4-7H2,1-3H3;9*1H4. The van der Waals surface area contributed by atoms with Crippen molar-refractivity contribution in [1.29, 1.82) is 0 Å². The van der Waals surface area contributed by atoms with Crippen LogP contribution in [-0.2, 0) is 4.74 Å². The summed E-state index contributed by atoms with van der Waals surface area (Å²) in [6, 6.07) is 0. The highest BCUT2D eigenvalue weighted by Gasteiger charge is 2.12. The zero-order valence-electron chi connectivity index (χ0n) is 9.06. The van der Waals surface area contributed by atoms with Gasteiger partial charge >= 0.3 is 0 Å². The van der Waals surface area contributed by atoms with Gasteiger partial charge in [0.05, 0.1) is 0 Å². The maximum Gasteiger partial charge on any atom is 0.156 e. The van der Waals surface area contributed by atoms with Gasteiger partial charge in [0.25, 0.3) is 0 Å². The third kappa shape index (κ3) is 45.1. The van der Waals surface area contributed by atoms with Crippen LogP contribution in [0.2, 0.25) is 0 Å². The Morgan fingerprint density at radius 2 is 1.04 bits per heavy atom. The summed E-state index contributed by atoms with van der Waals surface area (Å²) in [4.78, 5) is 0. The molecule has 0 aromatic carbocycles. The number of hydrogen-bond acceptors (Lipinski definition) is 5. The first-order valence-electron chi connectivity index (χ1n) is 4.58. The second-order valence-corrected chi connectivity index (χ2v) is 5.79. The smallest absolute Gasteiger partial charge is 0.156 e. The molecular formula is C18H56O2S3. The Bertz CT molecular complexity index is 129. The van der Waals surface area contributed by atoms with Gasteiger partial charge in [0, 0.05) is 6.42 Å². The van der Waals surface area contributed by atoms with Gasteiger partial charge < -0.3 is 9.84 Å². The van der Waals surface area contributed by atoms with Crippen LogP contribution in [0.4, 0.5) is 0 Å². The average Bonchev–Trinajstić information content (AvgIpc) is 2.21. The van der Waals surface area contributed by atoms with Crippen molar-refractivity contribution >= 4 is 35.3 Å². The summed E-state index contributed by atoms with van der Waals surface area (Å²) in [6.07, 6.45) is 7.26. The molecule has 0 aliphatic carbocycles. The molecule has 5 heteroatoms. The van der Waals surface area contributed by atoms with Gasteiger partial charge in [-0.2, -0.15) is 23.5 Å². The highest BCUT2D eigenvalue weighted by Crippen LogP contribution is 2.17. The zero-order valence-corrected chi connectivity index (χ0v) is 11.5. The predicted molar refractivity (Wildman–Crippen MR) is 131 cm³/mol. The van der Waals surface area contributed by atoms with Crippen molar-refractivity contribution in [3.8, 4) is 0 Å². The molecule has 0 bridgehead atoms. The van der Waals surface area contributed by atoms with Gasteiger partial charge in [0.15, 0.2) is 6.29 Å². The number of hydrogen-bond donors (Lipinski definition) is 1. The third-order valence-corrected chi connectivity index (χ3v) is 3.86. The van der Waals surface area contributed by atoms with E-state index in [2.05, 4.69) is 6.26 Å². The Balaban J connectivity index is -0.0000000235. The molecule has 23 heavy (non-hydrogen) atoms. The first kappa shape index (κ1) is 64.8. The number of aliphatic hydroxyl groups excluding tert-OH is 1. The lowest BCUT2D eigenvalue weighted by Gasteiger charge is -2.19. The van der Waals surface area contributed by atoms with E-state index in [1.165, 1.54) is 0 Å². The first-order valence-corrected chi connectivity index (χ1v) is 8.66. The monoisotopic (exact) mass is 400 g/mol. The van der Waals surface area contributed by atoms with Crippen molar-refractivity contribution in [2.75, 3.05) is 30.3 Å². The van der Waals surface area contributed by atoms with Crippen LogP contribution in [0.3, 0.4) is 0 Å². The van der Waals surface area contributed by atoms with E-state index in [9.17, 15) is 5.11 Å². The van der Waals surface area contributed by atoms with E-state index in [1.54, 1.807) is 23.5 Å². The van der Waals surface area contributed by atoms with Crippen LogP contribution >= 0.6 is 35.3 Å². The molecule has 2 unspecified atom stereocenters. The fourth-order valence-electron chi connectivity index (χ4n) is 0.917. The fourth-order valence-corrected chi connectivity index (χ4v) is 2.55. The van der Waals surface area contributed by atoms with Crippen LogP contribution in [-0.4, -0.2) is 47.1 Å². The lowest BCUT2D eigenvalue weighted by atomic mass is 10.4. The van der Waals surface area contributed by atoms with Gasteiger partial charge in [-0.3, -0.25) is 0 Å². The Morgan fingerprint density at radius 1 is 0.696 bits per heavy atom. The lowest BCUT2D eigenvalue weighted by molar-refractivity contribution is -0.110. The minimum Gasteiger partial charge on any atom is -0.368 e. The Morgan fingerprint density at radius 3 is 1.35 bits per heavy atom. The molecule has 0 saturated heterocycles. The summed E-state index contributed by atoms with van der Waals surface area (Å²) in [5, 5.41) is 9.53. The molecule has 158 valence electrons. The van der Waals surface area contributed by atoms with Crippen molar-refractivity contribution in [2.24, 2.45) is 0 Å². The maximum atomic E-state index is 9.53. The third-order valence-electron chi connectivity index (χ3n) is 1.70. The van der Waals surface area contributed by atoms with Gasteiger partial charge in [-0.05, 0) is 36.7 Å². The average molecular weight is 401 g/mol. The van der Waals surface area contributed by atoms with Crippen LogP contribution in [0.15, 0.2) is 0 Å². The molecule has 2 nitrogen and oxygen atoms in total. The molecule has 0 radical (unpaired) electrons. The van der Waals surface area contributed by atoms with E-state index in [1.807, 2.05) is 24.3 Å². The highest BCUT2D eigenvalue weighted by atomic mass is 32.2. The van der Waals surface area contributed by atoms with E-state index in [-0.39, 0.29) is 72.3 Å². The molecule has 0 rings (SSSR count). The maximum absolute atomic E-state index is 9.53. The van der Waals surface area contributed by atoms with Crippen LogP contribution < -0.4 is 0 Å². The summed E-state index contributed by atoms with van der Waals surface area (Å²) in [6.45, 7) is 0. The van der Waals surface area contributed by atoms with Crippen molar-refractivity contribution in [3.05, 3.63) is 0 Å². The number of aliphatic hydroxyl groups is 1. The topological polar surface area (TPSA) is 29.5 Å². The van der Waals surface area contributed by atoms with Gasteiger partial charge in [0.2, 0.25) is 0 Å². The zero-order chi connectivity index (χ0) is 10.8. The van der Waals surface area contributed by atoms with E-state index in [4.69, 9.17) is 4.74 Å². The van der Waals surface area contributed by atoms with Crippen LogP contribution in [0, 0.1) is 0 Å². The van der Waals surface area contributed by atoms with Crippen molar-refractivity contribution in [1.82, 2.24) is 0 Å². The van der Waals surface area contributed by atoms with Crippen LogP contribution in [0.1, 0.15) is 79.7 Å². The van der Waals surface area contributed by atoms with Crippen molar-refractivity contribution in [3.63, 3.8) is 0 Å². The molecule has 0 aromatic rings. The SMILES string of the molecule is C.C.C.C.C.C.C.C.C.CSCCC(O)OC(CCSC)SC. The Labute approximate surface area is 166 Å². The molecule has 0 aliphatic rings. The summed E-state index contributed by atoms with van der Waals surface area (Å²) < 4.78 is 5.50. The minimum atomic E-state index is -0.596. The van der Waals surface area contributed by atoms with E-state index < -0.39 is 6.29 Å². The summed E-state index contributed by atoms with van der Waals surface area (Å²) in [5.74, 6) is 2.03. The number of rotatable bonds is 9. The van der Waals surface area contributed by atoms with Gasteiger partial charge in [-0.25, -0.2) is 0 Å². The van der Waals surface area contributed by atoms with E-state index in [0.717, 1.165) is 24.3 Å². The molecule has 0 fully saturated rings. The highest BCUT2D eigenvalue weighted by molar-refractivity contribution is 7.99. The second kappa shape index (κ2) is 49.5. The quantitative estimate of drug-likeness (QED) is 0.393. The minimum absolute atomic E-state index is 0. The molecule has 0 spiro atoms. The summed E-state index contributed by atoms with van der Waals surface area (Å²) in [5.41, 5.74) is 0.138. The normalized spacial score (nSPS) is 9.39. The van der Waals surface area contributed by atoms with E-state index in [0.29, 0.717) is 0 Å².